The van der Waals surface area contributed by atoms with Crippen molar-refractivity contribution < 1.29 is 0 Å². The van der Waals surface area contributed by atoms with Crippen LogP contribution in [0.15, 0.2) is 4.99 Å². The van der Waals surface area contributed by atoms with E-state index >= 15 is 0 Å². The average Bonchev–Trinajstić information content (AvgIpc) is 2.44. The van der Waals surface area contributed by atoms with Gasteiger partial charge >= 0.3 is 0 Å². The van der Waals surface area contributed by atoms with E-state index in [0.717, 1.165) is 43.9 Å². The molecule has 20 heavy (non-hydrogen) atoms. The summed E-state index contributed by atoms with van der Waals surface area (Å²) in [5.41, 5.74) is 6.10. The summed E-state index contributed by atoms with van der Waals surface area (Å²) in [5, 5.41) is 0. The Morgan fingerprint density at radius 2 is 1.85 bits per heavy atom. The van der Waals surface area contributed by atoms with E-state index < -0.39 is 0 Å². The van der Waals surface area contributed by atoms with Gasteiger partial charge in [0.05, 0.1) is 0 Å². The van der Waals surface area contributed by atoms with Gasteiger partial charge in [-0.25, -0.2) is 0 Å². The van der Waals surface area contributed by atoms with Gasteiger partial charge in [0.2, 0.25) is 0 Å². The van der Waals surface area contributed by atoms with Crippen LogP contribution in [-0.4, -0.2) is 55.0 Å². The SMILES string of the molecule is CC1CCN(C(N)=NCCCN2CCCC(C)C2)CC1. The van der Waals surface area contributed by atoms with Gasteiger partial charge in [-0.05, 0) is 57.0 Å². The maximum absolute atomic E-state index is 6.10. The van der Waals surface area contributed by atoms with E-state index in [1.807, 2.05) is 0 Å². The van der Waals surface area contributed by atoms with Gasteiger partial charge in [-0.15, -0.1) is 0 Å². The highest BCUT2D eigenvalue weighted by Gasteiger charge is 2.17. The first kappa shape index (κ1) is 15.6. The summed E-state index contributed by atoms with van der Waals surface area (Å²) >= 11 is 0. The number of piperidine rings is 2. The van der Waals surface area contributed by atoms with Crippen LogP contribution in [0.4, 0.5) is 0 Å². The van der Waals surface area contributed by atoms with Gasteiger partial charge in [0.1, 0.15) is 0 Å². The maximum atomic E-state index is 6.10. The Morgan fingerprint density at radius 1 is 1.10 bits per heavy atom. The normalized spacial score (nSPS) is 27.0. The Labute approximate surface area is 124 Å². The number of likely N-dealkylation sites (tertiary alicyclic amines) is 2. The van der Waals surface area contributed by atoms with Crippen LogP contribution in [0.5, 0.6) is 0 Å². The van der Waals surface area contributed by atoms with Crippen LogP contribution in [0.25, 0.3) is 0 Å². The van der Waals surface area contributed by atoms with Crippen molar-refractivity contribution in [3.8, 4) is 0 Å². The van der Waals surface area contributed by atoms with Crippen molar-refractivity contribution in [3.63, 3.8) is 0 Å². The van der Waals surface area contributed by atoms with Crippen LogP contribution >= 0.6 is 0 Å². The maximum Gasteiger partial charge on any atom is 0.191 e. The first-order chi connectivity index (χ1) is 9.65. The third-order valence-corrected chi connectivity index (χ3v) is 4.76. The molecule has 2 saturated heterocycles. The van der Waals surface area contributed by atoms with E-state index in [0.29, 0.717) is 0 Å². The van der Waals surface area contributed by atoms with Gasteiger partial charge in [-0.2, -0.15) is 0 Å². The standard InChI is InChI=1S/C16H32N4/c1-14-6-11-20(12-7-14)16(17)18-8-4-10-19-9-3-5-15(2)13-19/h14-15H,3-13H2,1-2H3,(H2,17,18). The van der Waals surface area contributed by atoms with Gasteiger partial charge in [0.15, 0.2) is 5.96 Å². The summed E-state index contributed by atoms with van der Waals surface area (Å²) in [7, 11) is 0. The number of nitrogens with two attached hydrogens (primary N) is 1. The number of aliphatic imine (C=N–C) groups is 1. The molecule has 0 amide bonds. The summed E-state index contributed by atoms with van der Waals surface area (Å²) in [6.07, 6.45) is 6.40. The second-order valence-electron chi connectivity index (χ2n) is 6.81. The molecule has 116 valence electrons. The Balaban J connectivity index is 1.62. The fraction of sp³-hybridized carbons (Fsp3) is 0.938. The molecule has 4 heteroatoms. The zero-order chi connectivity index (χ0) is 14.4. The zero-order valence-electron chi connectivity index (χ0n) is 13.4. The number of hydrogen-bond acceptors (Lipinski definition) is 2. The van der Waals surface area contributed by atoms with Gasteiger partial charge < -0.3 is 15.5 Å². The van der Waals surface area contributed by atoms with Crippen LogP contribution in [0.2, 0.25) is 0 Å². The van der Waals surface area contributed by atoms with Crippen LogP contribution in [-0.2, 0) is 0 Å². The molecule has 1 atom stereocenters. The molecule has 2 fully saturated rings. The van der Waals surface area contributed by atoms with E-state index in [1.165, 1.54) is 45.3 Å². The van der Waals surface area contributed by atoms with Crippen LogP contribution < -0.4 is 5.73 Å². The van der Waals surface area contributed by atoms with E-state index in [9.17, 15) is 0 Å². The lowest BCUT2D eigenvalue weighted by Gasteiger charge is -2.31. The van der Waals surface area contributed by atoms with Crippen LogP contribution in [0.1, 0.15) is 46.0 Å². The highest BCUT2D eigenvalue weighted by molar-refractivity contribution is 5.78. The number of hydrogen-bond donors (Lipinski definition) is 1. The average molecular weight is 280 g/mol. The minimum atomic E-state index is 0.768. The van der Waals surface area contributed by atoms with Crippen molar-refractivity contribution in [1.29, 1.82) is 0 Å². The fourth-order valence-corrected chi connectivity index (χ4v) is 3.32. The third-order valence-electron chi connectivity index (χ3n) is 4.76. The summed E-state index contributed by atoms with van der Waals surface area (Å²) in [6.45, 7) is 11.4. The van der Waals surface area contributed by atoms with Crippen molar-refractivity contribution in [2.75, 3.05) is 39.3 Å². The summed E-state index contributed by atoms with van der Waals surface area (Å²) in [5.74, 6) is 2.48. The quantitative estimate of drug-likeness (QED) is 0.487. The first-order valence-corrected chi connectivity index (χ1v) is 8.42. The number of nitrogens with zero attached hydrogens (tertiary/aromatic N) is 3. The molecular weight excluding hydrogens is 248 g/mol. The molecule has 4 nitrogen and oxygen atoms in total. The Hall–Kier alpha value is -0.770. The van der Waals surface area contributed by atoms with E-state index in [1.54, 1.807) is 0 Å². The van der Waals surface area contributed by atoms with Gasteiger partial charge in [-0.3, -0.25) is 4.99 Å². The van der Waals surface area contributed by atoms with Crippen molar-refractivity contribution in [1.82, 2.24) is 9.80 Å². The highest BCUT2D eigenvalue weighted by atomic mass is 15.3. The smallest absolute Gasteiger partial charge is 0.191 e. The van der Waals surface area contributed by atoms with Gasteiger partial charge in [-0.1, -0.05) is 13.8 Å². The Morgan fingerprint density at radius 3 is 2.55 bits per heavy atom. The molecule has 2 rings (SSSR count). The lowest BCUT2D eigenvalue weighted by molar-refractivity contribution is 0.183. The molecule has 2 heterocycles. The largest absolute Gasteiger partial charge is 0.370 e. The number of rotatable bonds is 4. The lowest BCUT2D eigenvalue weighted by Crippen LogP contribution is -2.42. The summed E-state index contributed by atoms with van der Waals surface area (Å²) < 4.78 is 0. The molecule has 0 aromatic heterocycles. The van der Waals surface area contributed by atoms with Crippen LogP contribution in [0, 0.1) is 11.8 Å². The molecule has 0 aliphatic carbocycles. The fourth-order valence-electron chi connectivity index (χ4n) is 3.32. The second kappa shape index (κ2) is 7.87. The van der Waals surface area contributed by atoms with Gasteiger partial charge in [0.25, 0.3) is 0 Å². The van der Waals surface area contributed by atoms with E-state index in [-0.39, 0.29) is 0 Å². The van der Waals surface area contributed by atoms with E-state index in [4.69, 9.17) is 5.73 Å². The summed E-state index contributed by atoms with van der Waals surface area (Å²) in [6, 6.07) is 0. The summed E-state index contributed by atoms with van der Waals surface area (Å²) in [4.78, 5) is 9.41. The Kier molecular flexibility index (Phi) is 6.14. The molecule has 0 spiro atoms. The minimum Gasteiger partial charge on any atom is -0.370 e. The monoisotopic (exact) mass is 280 g/mol. The minimum absolute atomic E-state index is 0.768. The molecule has 2 aliphatic rings. The molecule has 1 unspecified atom stereocenters. The Bertz CT molecular complexity index is 308. The predicted molar refractivity (Wildman–Crippen MR) is 85.9 cm³/mol. The third kappa shape index (κ3) is 4.97. The lowest BCUT2D eigenvalue weighted by atomic mass is 10.00. The van der Waals surface area contributed by atoms with Crippen molar-refractivity contribution >= 4 is 5.96 Å². The number of guanidine groups is 1. The molecule has 0 aromatic rings. The van der Waals surface area contributed by atoms with Crippen molar-refractivity contribution in [3.05, 3.63) is 0 Å². The van der Waals surface area contributed by atoms with E-state index in [2.05, 4.69) is 28.6 Å². The molecule has 0 radical (unpaired) electrons. The zero-order valence-corrected chi connectivity index (χ0v) is 13.4. The molecule has 0 aromatic carbocycles. The second-order valence-corrected chi connectivity index (χ2v) is 6.81. The molecular formula is C16H32N4. The topological polar surface area (TPSA) is 44.9 Å². The van der Waals surface area contributed by atoms with Gasteiger partial charge in [0, 0.05) is 26.2 Å². The first-order valence-electron chi connectivity index (χ1n) is 8.42. The molecule has 2 aliphatic heterocycles. The highest BCUT2D eigenvalue weighted by Crippen LogP contribution is 2.16. The van der Waals surface area contributed by atoms with Crippen LogP contribution in [0.3, 0.4) is 0 Å². The predicted octanol–water partition coefficient (Wildman–Crippen LogP) is 2.16. The van der Waals surface area contributed by atoms with Crippen molar-refractivity contribution in [2.45, 2.75) is 46.0 Å². The van der Waals surface area contributed by atoms with Crippen molar-refractivity contribution in [2.24, 2.45) is 22.6 Å². The molecule has 0 bridgehead atoms. The molecule has 2 N–H and O–H groups in total. The molecule has 0 saturated carbocycles.